The largest absolute Gasteiger partial charge is 0.106 e. The van der Waals surface area contributed by atoms with E-state index in [0.717, 1.165) is 14.5 Å². The van der Waals surface area contributed by atoms with Gasteiger partial charge >= 0.3 is 0 Å². The van der Waals surface area contributed by atoms with Crippen LogP contribution >= 0.6 is 31.9 Å². The van der Waals surface area contributed by atoms with Crippen LogP contribution < -0.4 is 0 Å². The molecule has 0 nitrogen and oxygen atoms in total. The van der Waals surface area contributed by atoms with Crippen LogP contribution in [0.25, 0.3) is 0 Å². The predicted octanol–water partition coefficient (Wildman–Crippen LogP) is 3.20. The molecule has 0 aliphatic heterocycles. The molecule has 12 heavy (non-hydrogen) atoms. The summed E-state index contributed by atoms with van der Waals surface area (Å²) in [6.45, 7) is 0. The van der Waals surface area contributed by atoms with Crippen LogP contribution in [0.5, 0.6) is 0 Å². The molecule has 1 aromatic carbocycles. The van der Waals surface area contributed by atoms with Crippen LogP contribution in [0, 0.1) is 24.2 Å². The van der Waals surface area contributed by atoms with Gasteiger partial charge in [0.05, 0.1) is 0 Å². The molecule has 0 aromatic heterocycles. The third kappa shape index (κ3) is 2.41. The Balaban J connectivity index is 3.12. The summed E-state index contributed by atoms with van der Waals surface area (Å²) >= 11 is 6.72. The second-order valence-corrected chi connectivity index (χ2v) is 3.79. The van der Waals surface area contributed by atoms with Crippen LogP contribution in [0.4, 0.5) is 0 Å². The molecule has 0 aliphatic rings. The minimum absolute atomic E-state index is 0.899. The Bertz CT molecular complexity index is 389. The molecule has 0 heterocycles. The van der Waals surface area contributed by atoms with Crippen LogP contribution in [-0.4, -0.2) is 0 Å². The molecule has 1 aromatic rings. The normalized spacial score (nSPS) is 8.08. The predicted molar refractivity (Wildman–Crippen MR) is 57.6 cm³/mol. The lowest BCUT2D eigenvalue weighted by Gasteiger charge is -1.95. The molecule has 0 saturated carbocycles. The summed E-state index contributed by atoms with van der Waals surface area (Å²) in [5.41, 5.74) is 0.899. The molecule has 0 bridgehead atoms. The molecule has 0 atom stereocenters. The third-order valence-electron chi connectivity index (χ3n) is 1.20. The maximum Gasteiger partial charge on any atom is 0.0398 e. The van der Waals surface area contributed by atoms with Gasteiger partial charge in [0.25, 0.3) is 0 Å². The summed E-state index contributed by atoms with van der Waals surface area (Å²) in [6, 6.07) is 5.75. The van der Waals surface area contributed by atoms with E-state index in [1.54, 1.807) is 0 Å². The van der Waals surface area contributed by atoms with Crippen LogP contribution in [0.1, 0.15) is 5.56 Å². The Morgan fingerprint density at radius 2 is 2.00 bits per heavy atom. The molecular formula is C10H4Br2. The fraction of sp³-hybridized carbons (Fsp3) is 0. The van der Waals surface area contributed by atoms with Gasteiger partial charge in [-0.25, -0.2) is 0 Å². The Morgan fingerprint density at radius 3 is 2.58 bits per heavy atom. The number of halogens is 2. The minimum atomic E-state index is 0.899. The number of hydrogen-bond acceptors (Lipinski definition) is 0. The lowest BCUT2D eigenvalue weighted by Crippen LogP contribution is -1.76. The van der Waals surface area contributed by atoms with Crippen molar-refractivity contribution in [1.29, 1.82) is 0 Å². The molecule has 0 saturated heterocycles. The molecule has 0 radical (unpaired) electrons. The topological polar surface area (TPSA) is 0 Å². The van der Waals surface area contributed by atoms with E-state index in [1.807, 2.05) is 18.2 Å². The van der Waals surface area contributed by atoms with Crippen molar-refractivity contribution in [1.82, 2.24) is 0 Å². The summed E-state index contributed by atoms with van der Waals surface area (Å²) in [4.78, 5) is 0. The van der Waals surface area contributed by atoms with Crippen molar-refractivity contribution >= 4 is 31.9 Å². The third-order valence-corrected chi connectivity index (χ3v) is 2.35. The molecule has 0 amide bonds. The first-order valence-electron chi connectivity index (χ1n) is 3.15. The van der Waals surface area contributed by atoms with E-state index < -0.39 is 0 Å². The maximum atomic E-state index is 5.01. The van der Waals surface area contributed by atoms with Crippen molar-refractivity contribution < 1.29 is 0 Å². The summed E-state index contributed by atoms with van der Waals surface area (Å²) in [6.07, 6.45) is 5.01. The summed E-state index contributed by atoms with van der Waals surface area (Å²) in [7, 11) is 0. The number of rotatable bonds is 0. The maximum absolute atomic E-state index is 5.01. The SMILES string of the molecule is C#CC#Cc1ccc(Br)cc1Br. The van der Waals surface area contributed by atoms with Gasteiger partial charge in [-0.05, 0) is 46.0 Å². The van der Waals surface area contributed by atoms with Crippen LogP contribution in [0.15, 0.2) is 27.1 Å². The first-order valence-corrected chi connectivity index (χ1v) is 4.74. The van der Waals surface area contributed by atoms with Crippen molar-refractivity contribution in [2.24, 2.45) is 0 Å². The highest BCUT2D eigenvalue weighted by Gasteiger charge is 1.95. The lowest BCUT2D eigenvalue weighted by atomic mass is 10.2. The van der Waals surface area contributed by atoms with Crippen LogP contribution in [0.3, 0.4) is 0 Å². The van der Waals surface area contributed by atoms with Crippen molar-refractivity contribution in [3.05, 3.63) is 32.7 Å². The molecule has 1 rings (SSSR count). The zero-order valence-electron chi connectivity index (χ0n) is 6.07. The average molecular weight is 284 g/mol. The van der Waals surface area contributed by atoms with Gasteiger partial charge in [-0.2, -0.15) is 0 Å². The van der Waals surface area contributed by atoms with E-state index in [9.17, 15) is 0 Å². The molecule has 0 aliphatic carbocycles. The molecule has 0 spiro atoms. The summed E-state index contributed by atoms with van der Waals surface area (Å²) < 4.78 is 1.96. The quantitative estimate of drug-likeness (QED) is 0.642. The standard InChI is InChI=1S/C10H4Br2/c1-2-3-4-8-5-6-9(11)7-10(8)12/h1,5-7H. The second-order valence-electron chi connectivity index (χ2n) is 2.02. The Kier molecular flexibility index (Phi) is 3.41. The van der Waals surface area contributed by atoms with Crippen LogP contribution in [0.2, 0.25) is 0 Å². The van der Waals surface area contributed by atoms with Crippen molar-refractivity contribution in [3.8, 4) is 24.2 Å². The highest BCUT2D eigenvalue weighted by molar-refractivity contribution is 9.11. The first-order chi connectivity index (χ1) is 5.74. The van der Waals surface area contributed by atoms with Gasteiger partial charge in [-0.1, -0.05) is 21.9 Å². The van der Waals surface area contributed by atoms with Gasteiger partial charge in [-0.15, -0.1) is 6.42 Å². The van der Waals surface area contributed by atoms with Gasteiger partial charge in [0.2, 0.25) is 0 Å². The zero-order chi connectivity index (χ0) is 8.97. The Hall–Kier alpha value is -0.700. The fourth-order valence-corrected chi connectivity index (χ4v) is 1.84. The molecule has 0 N–H and O–H groups in total. The highest BCUT2D eigenvalue weighted by Crippen LogP contribution is 2.20. The van der Waals surface area contributed by atoms with Gasteiger partial charge in [0.15, 0.2) is 0 Å². The monoisotopic (exact) mass is 282 g/mol. The Morgan fingerprint density at radius 1 is 1.25 bits per heavy atom. The van der Waals surface area contributed by atoms with E-state index >= 15 is 0 Å². The lowest BCUT2D eigenvalue weighted by molar-refractivity contribution is 1.55. The second kappa shape index (κ2) is 4.36. The summed E-state index contributed by atoms with van der Waals surface area (Å²) in [5, 5.41) is 0. The van der Waals surface area contributed by atoms with Gasteiger partial charge in [-0.3, -0.25) is 0 Å². The molecule has 58 valence electrons. The fourth-order valence-electron chi connectivity index (χ4n) is 0.694. The van der Waals surface area contributed by atoms with Gasteiger partial charge < -0.3 is 0 Å². The molecule has 0 fully saturated rings. The van der Waals surface area contributed by atoms with Gasteiger partial charge in [0.1, 0.15) is 0 Å². The molecule has 2 heteroatoms. The van der Waals surface area contributed by atoms with E-state index in [1.165, 1.54) is 0 Å². The molecule has 0 unspecified atom stereocenters. The van der Waals surface area contributed by atoms with E-state index in [2.05, 4.69) is 49.6 Å². The van der Waals surface area contributed by atoms with Crippen molar-refractivity contribution in [2.75, 3.05) is 0 Å². The first kappa shape index (κ1) is 9.39. The van der Waals surface area contributed by atoms with Crippen molar-refractivity contribution in [3.63, 3.8) is 0 Å². The number of benzene rings is 1. The van der Waals surface area contributed by atoms with Gasteiger partial charge in [0, 0.05) is 14.5 Å². The van der Waals surface area contributed by atoms with Crippen molar-refractivity contribution in [2.45, 2.75) is 0 Å². The summed E-state index contributed by atoms with van der Waals surface area (Å²) in [5.74, 6) is 7.66. The zero-order valence-corrected chi connectivity index (χ0v) is 9.24. The van der Waals surface area contributed by atoms with Crippen LogP contribution in [-0.2, 0) is 0 Å². The van der Waals surface area contributed by atoms with E-state index in [-0.39, 0.29) is 0 Å². The Labute approximate surface area is 88.6 Å². The van der Waals surface area contributed by atoms with E-state index in [0.29, 0.717) is 0 Å². The number of terminal acetylenes is 1. The average Bonchev–Trinajstić information content (AvgIpc) is 2.03. The van der Waals surface area contributed by atoms with E-state index in [4.69, 9.17) is 6.42 Å². The highest BCUT2D eigenvalue weighted by atomic mass is 79.9. The number of hydrogen-bond donors (Lipinski definition) is 0. The smallest absolute Gasteiger partial charge is 0.0398 e. The molecular weight excluding hydrogens is 280 g/mol. The minimum Gasteiger partial charge on any atom is -0.106 e.